The third-order valence-corrected chi connectivity index (χ3v) is 3.47. The minimum absolute atomic E-state index is 0.0637. The van der Waals surface area contributed by atoms with Crippen LogP contribution < -0.4 is 10.6 Å². The van der Waals surface area contributed by atoms with Crippen molar-refractivity contribution >= 4 is 0 Å². The highest BCUT2D eigenvalue weighted by molar-refractivity contribution is 4.90. The summed E-state index contributed by atoms with van der Waals surface area (Å²) in [5, 5.41) is 6.58. The molecule has 1 heterocycles. The third-order valence-electron chi connectivity index (χ3n) is 3.47. The molecule has 0 aromatic heterocycles. The van der Waals surface area contributed by atoms with Crippen LogP contribution >= 0.6 is 0 Å². The summed E-state index contributed by atoms with van der Waals surface area (Å²) in [7, 11) is 0. The van der Waals surface area contributed by atoms with Crippen LogP contribution in [0.25, 0.3) is 0 Å². The van der Waals surface area contributed by atoms with Gasteiger partial charge >= 0.3 is 0 Å². The summed E-state index contributed by atoms with van der Waals surface area (Å²) in [6.45, 7) is 7.56. The summed E-state index contributed by atoms with van der Waals surface area (Å²) >= 11 is 0. The van der Waals surface area contributed by atoms with E-state index in [1.807, 2.05) is 13.8 Å². The molecule has 1 fully saturated rings. The normalized spacial score (nSPS) is 28.4. The van der Waals surface area contributed by atoms with Gasteiger partial charge in [0.25, 0.3) is 0 Å². The van der Waals surface area contributed by atoms with E-state index in [2.05, 4.69) is 10.6 Å². The van der Waals surface area contributed by atoms with Crippen LogP contribution in [0.3, 0.4) is 0 Å². The first-order chi connectivity index (χ1) is 7.06. The molecule has 1 rings (SSSR count). The molecule has 0 bridgehead atoms. The first-order valence-corrected chi connectivity index (χ1v) is 6.22. The SMILES string of the molecule is CCNC(C)C(C)(F)CC1CCCCN1. The molecular weight excluding hydrogens is 191 g/mol. The first kappa shape index (κ1) is 12.9. The second-order valence-electron chi connectivity index (χ2n) is 4.91. The van der Waals surface area contributed by atoms with E-state index in [9.17, 15) is 4.39 Å². The van der Waals surface area contributed by atoms with Gasteiger partial charge in [-0.2, -0.15) is 0 Å². The van der Waals surface area contributed by atoms with Crippen molar-refractivity contribution < 1.29 is 4.39 Å². The number of nitrogens with one attached hydrogen (secondary N) is 2. The van der Waals surface area contributed by atoms with E-state index < -0.39 is 5.67 Å². The molecule has 0 radical (unpaired) electrons. The molecule has 3 atom stereocenters. The number of alkyl halides is 1. The fraction of sp³-hybridized carbons (Fsp3) is 1.00. The average Bonchev–Trinajstić information content (AvgIpc) is 2.19. The molecule has 1 aliphatic rings. The lowest BCUT2D eigenvalue weighted by Crippen LogP contribution is -2.48. The zero-order valence-electron chi connectivity index (χ0n) is 10.3. The van der Waals surface area contributed by atoms with E-state index >= 15 is 0 Å². The molecule has 15 heavy (non-hydrogen) atoms. The van der Waals surface area contributed by atoms with Crippen molar-refractivity contribution in [3.8, 4) is 0 Å². The molecule has 0 aromatic carbocycles. The van der Waals surface area contributed by atoms with Gasteiger partial charge in [-0.25, -0.2) is 4.39 Å². The van der Waals surface area contributed by atoms with Gasteiger partial charge in [-0.15, -0.1) is 0 Å². The van der Waals surface area contributed by atoms with Crippen molar-refractivity contribution in [3.05, 3.63) is 0 Å². The average molecular weight is 216 g/mol. The molecule has 2 nitrogen and oxygen atoms in total. The minimum Gasteiger partial charge on any atom is -0.314 e. The van der Waals surface area contributed by atoms with Crippen LogP contribution in [-0.2, 0) is 0 Å². The van der Waals surface area contributed by atoms with Crippen LogP contribution in [0.2, 0.25) is 0 Å². The van der Waals surface area contributed by atoms with E-state index in [0.717, 1.165) is 19.5 Å². The van der Waals surface area contributed by atoms with Crippen molar-refractivity contribution in [2.45, 2.75) is 64.2 Å². The standard InChI is InChI=1S/C12H25FN2/c1-4-14-10(2)12(3,13)9-11-7-5-6-8-15-11/h10-11,14-15H,4-9H2,1-3H3. The number of hydrogen-bond acceptors (Lipinski definition) is 2. The van der Waals surface area contributed by atoms with Crippen LogP contribution in [0.4, 0.5) is 4.39 Å². The quantitative estimate of drug-likeness (QED) is 0.736. The van der Waals surface area contributed by atoms with Crippen molar-refractivity contribution in [1.82, 2.24) is 10.6 Å². The second kappa shape index (κ2) is 5.80. The molecule has 0 spiro atoms. The smallest absolute Gasteiger partial charge is 0.124 e. The van der Waals surface area contributed by atoms with Crippen molar-refractivity contribution in [1.29, 1.82) is 0 Å². The monoisotopic (exact) mass is 216 g/mol. The van der Waals surface area contributed by atoms with Gasteiger partial charge in [0.2, 0.25) is 0 Å². The zero-order valence-corrected chi connectivity index (χ0v) is 10.3. The van der Waals surface area contributed by atoms with Gasteiger partial charge in [0.1, 0.15) is 5.67 Å². The molecule has 3 unspecified atom stereocenters. The van der Waals surface area contributed by atoms with Gasteiger partial charge in [-0.3, -0.25) is 0 Å². The van der Waals surface area contributed by atoms with E-state index in [0.29, 0.717) is 12.5 Å². The molecule has 90 valence electrons. The fourth-order valence-electron chi connectivity index (χ4n) is 2.28. The maximum absolute atomic E-state index is 14.4. The Morgan fingerprint density at radius 2 is 2.27 bits per heavy atom. The van der Waals surface area contributed by atoms with E-state index in [4.69, 9.17) is 0 Å². The molecule has 0 amide bonds. The summed E-state index contributed by atoms with van der Waals surface area (Å²) < 4.78 is 14.4. The van der Waals surface area contributed by atoms with Crippen LogP contribution in [0.5, 0.6) is 0 Å². The highest BCUT2D eigenvalue weighted by Crippen LogP contribution is 2.25. The van der Waals surface area contributed by atoms with Gasteiger partial charge in [0.05, 0.1) is 0 Å². The topological polar surface area (TPSA) is 24.1 Å². The van der Waals surface area contributed by atoms with Gasteiger partial charge in [-0.05, 0) is 46.2 Å². The summed E-state index contributed by atoms with van der Waals surface area (Å²) in [5.41, 5.74) is -1.11. The fourth-order valence-corrected chi connectivity index (χ4v) is 2.28. The van der Waals surface area contributed by atoms with Crippen LogP contribution in [0.15, 0.2) is 0 Å². The number of piperidine rings is 1. The molecule has 1 aliphatic heterocycles. The second-order valence-corrected chi connectivity index (χ2v) is 4.91. The molecule has 3 heteroatoms. The largest absolute Gasteiger partial charge is 0.314 e. The van der Waals surface area contributed by atoms with E-state index in [1.54, 1.807) is 6.92 Å². The number of halogens is 1. The number of hydrogen-bond donors (Lipinski definition) is 2. The lowest BCUT2D eigenvalue weighted by atomic mass is 9.88. The molecule has 1 saturated heterocycles. The lowest BCUT2D eigenvalue weighted by Gasteiger charge is -2.34. The van der Waals surface area contributed by atoms with Gasteiger partial charge < -0.3 is 10.6 Å². The summed E-state index contributed by atoms with van der Waals surface area (Å²) in [4.78, 5) is 0. The Morgan fingerprint density at radius 1 is 1.53 bits per heavy atom. The van der Waals surface area contributed by atoms with E-state index in [1.165, 1.54) is 12.8 Å². The Hall–Kier alpha value is -0.150. The maximum Gasteiger partial charge on any atom is 0.124 e. The Balaban J connectivity index is 2.39. The minimum atomic E-state index is -1.11. The van der Waals surface area contributed by atoms with Crippen LogP contribution in [0.1, 0.15) is 46.5 Å². The third kappa shape index (κ3) is 4.07. The Kier molecular flexibility index (Phi) is 5.00. The summed E-state index contributed by atoms with van der Waals surface area (Å²) in [5.74, 6) is 0. The van der Waals surface area contributed by atoms with Crippen molar-refractivity contribution in [2.24, 2.45) is 0 Å². The molecular formula is C12H25FN2. The summed E-state index contributed by atoms with van der Waals surface area (Å²) in [6, 6.07) is 0.307. The van der Waals surface area contributed by atoms with Crippen LogP contribution in [0, 0.1) is 0 Å². The molecule has 2 N–H and O–H groups in total. The van der Waals surface area contributed by atoms with Gasteiger partial charge in [0.15, 0.2) is 0 Å². The Morgan fingerprint density at radius 3 is 2.80 bits per heavy atom. The van der Waals surface area contributed by atoms with Gasteiger partial charge in [0, 0.05) is 12.1 Å². The highest BCUT2D eigenvalue weighted by atomic mass is 19.1. The van der Waals surface area contributed by atoms with Gasteiger partial charge in [-0.1, -0.05) is 13.3 Å². The Labute approximate surface area is 93.0 Å². The molecule has 0 aliphatic carbocycles. The predicted molar refractivity (Wildman–Crippen MR) is 62.9 cm³/mol. The zero-order chi connectivity index (χ0) is 11.3. The first-order valence-electron chi connectivity index (χ1n) is 6.22. The van der Waals surface area contributed by atoms with Crippen molar-refractivity contribution in [3.63, 3.8) is 0 Å². The summed E-state index contributed by atoms with van der Waals surface area (Å²) in [6.07, 6.45) is 4.23. The predicted octanol–water partition coefficient (Wildman–Crippen LogP) is 2.24. The van der Waals surface area contributed by atoms with Crippen LogP contribution in [-0.4, -0.2) is 30.8 Å². The highest BCUT2D eigenvalue weighted by Gasteiger charge is 2.33. The Bertz CT molecular complexity index is 176. The van der Waals surface area contributed by atoms with E-state index in [-0.39, 0.29) is 6.04 Å². The molecule has 0 aromatic rings. The molecule has 0 saturated carbocycles. The lowest BCUT2D eigenvalue weighted by molar-refractivity contribution is 0.103. The van der Waals surface area contributed by atoms with Crippen molar-refractivity contribution in [2.75, 3.05) is 13.1 Å². The number of rotatable bonds is 5. The maximum atomic E-state index is 14.4.